The Hall–Kier alpha value is -2.27. The molecule has 0 saturated carbocycles. The van der Waals surface area contributed by atoms with Crippen LogP contribution in [0.3, 0.4) is 0 Å². The maximum absolute atomic E-state index is 6.54. The number of anilines is 1. The van der Waals surface area contributed by atoms with Gasteiger partial charge in [0.15, 0.2) is 0 Å². The van der Waals surface area contributed by atoms with E-state index in [2.05, 4.69) is 83.6 Å². The number of piperidine rings is 2. The van der Waals surface area contributed by atoms with E-state index in [1.54, 1.807) is 12.2 Å². The summed E-state index contributed by atoms with van der Waals surface area (Å²) in [6.07, 6.45) is 8.68. The number of hydrogen-bond acceptors (Lipinski definition) is 10. The molecule has 3 fully saturated rings. The van der Waals surface area contributed by atoms with E-state index in [1.165, 1.54) is 0 Å². The van der Waals surface area contributed by atoms with Gasteiger partial charge in [0.2, 0.25) is 5.95 Å². The van der Waals surface area contributed by atoms with Crippen molar-refractivity contribution >= 4 is 5.95 Å². The SMILES string of the molecule is C=CCON1C(C)(C)CC(Oc2nc(OC3CC(C)(C)N(OCC=C)C(C)(C)C3)nc(N3CCCC3)n2)CC1(C)C. The summed E-state index contributed by atoms with van der Waals surface area (Å²) in [5.41, 5.74) is -1.01. The standard InChI is InChI=1S/C31H52N6O4/c1-11-17-38-36-28(3,4)19-23(20-29(36,5)6)40-26-32-25(35-15-13-14-16-35)33-27(34-26)41-24-21-30(7,8)37(39-18-12-2)31(9,10)22-24/h11-12,23-24H,1-2,13-22H2,3-10H3. The average molecular weight is 573 g/mol. The van der Waals surface area contributed by atoms with Crippen molar-refractivity contribution in [3.05, 3.63) is 25.3 Å². The van der Waals surface area contributed by atoms with Crippen LogP contribution < -0.4 is 14.4 Å². The van der Waals surface area contributed by atoms with E-state index >= 15 is 0 Å². The summed E-state index contributed by atoms with van der Waals surface area (Å²) < 4.78 is 13.1. The minimum absolute atomic E-state index is 0.0895. The highest BCUT2D eigenvalue weighted by Gasteiger charge is 2.49. The highest BCUT2D eigenvalue weighted by molar-refractivity contribution is 5.33. The fourth-order valence-corrected chi connectivity index (χ4v) is 7.25. The van der Waals surface area contributed by atoms with Crippen LogP contribution >= 0.6 is 0 Å². The fourth-order valence-electron chi connectivity index (χ4n) is 7.25. The van der Waals surface area contributed by atoms with Crippen LogP contribution in [0.25, 0.3) is 0 Å². The first kappa shape index (κ1) is 31.7. The van der Waals surface area contributed by atoms with Crippen molar-refractivity contribution in [2.45, 2.75) is 128 Å². The molecule has 0 unspecified atom stereocenters. The summed E-state index contributed by atoms with van der Waals surface area (Å²) in [5, 5.41) is 4.18. The van der Waals surface area contributed by atoms with Crippen LogP contribution in [0.1, 0.15) is 93.9 Å². The van der Waals surface area contributed by atoms with Gasteiger partial charge in [-0.25, -0.2) is 0 Å². The number of hydrogen-bond donors (Lipinski definition) is 0. The highest BCUT2D eigenvalue weighted by Crippen LogP contribution is 2.41. The second kappa shape index (κ2) is 12.1. The topological polar surface area (TPSA) is 85.3 Å². The van der Waals surface area contributed by atoms with E-state index in [9.17, 15) is 0 Å². The lowest BCUT2D eigenvalue weighted by molar-refractivity contribution is -0.285. The van der Waals surface area contributed by atoms with Gasteiger partial charge in [-0.3, -0.25) is 9.68 Å². The van der Waals surface area contributed by atoms with E-state index in [1.807, 2.05) is 0 Å². The number of nitrogens with zero attached hydrogens (tertiary/aromatic N) is 6. The molecule has 0 N–H and O–H groups in total. The van der Waals surface area contributed by atoms with Crippen molar-refractivity contribution in [1.82, 2.24) is 25.1 Å². The van der Waals surface area contributed by atoms with Crippen molar-refractivity contribution in [3.8, 4) is 12.0 Å². The van der Waals surface area contributed by atoms with Crippen molar-refractivity contribution < 1.29 is 19.1 Å². The minimum atomic E-state index is -0.252. The molecule has 4 rings (SSSR count). The van der Waals surface area contributed by atoms with Crippen molar-refractivity contribution in [2.24, 2.45) is 0 Å². The molecule has 3 aliphatic heterocycles. The Bertz CT molecular complexity index is 960. The van der Waals surface area contributed by atoms with E-state index in [4.69, 9.17) is 34.1 Å². The second-order valence-electron chi connectivity index (χ2n) is 14.2. The molecule has 3 aliphatic rings. The van der Waals surface area contributed by atoms with Gasteiger partial charge in [0, 0.05) is 60.9 Å². The lowest BCUT2D eigenvalue weighted by atomic mass is 9.80. The predicted octanol–water partition coefficient (Wildman–Crippen LogP) is 5.51. The number of aromatic nitrogens is 3. The van der Waals surface area contributed by atoms with Crippen LogP contribution in [0.4, 0.5) is 5.95 Å². The van der Waals surface area contributed by atoms with E-state index in [-0.39, 0.29) is 34.4 Å². The number of rotatable bonds is 11. The Labute approximate surface area is 247 Å². The van der Waals surface area contributed by atoms with Gasteiger partial charge >= 0.3 is 12.0 Å². The number of ether oxygens (including phenoxy) is 2. The van der Waals surface area contributed by atoms with Crippen LogP contribution in [-0.4, -0.2) is 85.7 Å². The molecule has 0 radical (unpaired) electrons. The van der Waals surface area contributed by atoms with Crippen LogP contribution in [0.15, 0.2) is 25.3 Å². The first-order valence-corrected chi connectivity index (χ1v) is 15.1. The van der Waals surface area contributed by atoms with E-state index in [0.717, 1.165) is 51.6 Å². The molecule has 41 heavy (non-hydrogen) atoms. The third-order valence-corrected chi connectivity index (χ3v) is 8.27. The summed E-state index contributed by atoms with van der Waals surface area (Å²) in [4.78, 5) is 28.6. The van der Waals surface area contributed by atoms with Crippen molar-refractivity contribution in [1.29, 1.82) is 0 Å². The third-order valence-electron chi connectivity index (χ3n) is 8.27. The fraction of sp³-hybridized carbons (Fsp3) is 0.774. The Balaban J connectivity index is 1.56. The zero-order valence-electron chi connectivity index (χ0n) is 26.6. The highest BCUT2D eigenvalue weighted by atomic mass is 16.7. The van der Waals surface area contributed by atoms with Gasteiger partial charge in [0.25, 0.3) is 0 Å². The Morgan fingerprint density at radius 1 is 0.659 bits per heavy atom. The molecule has 0 spiro atoms. The van der Waals surface area contributed by atoms with Gasteiger partial charge in [-0.05, 0) is 68.2 Å². The van der Waals surface area contributed by atoms with Gasteiger partial charge in [-0.1, -0.05) is 12.2 Å². The van der Waals surface area contributed by atoms with Crippen LogP contribution in [0, 0.1) is 0 Å². The predicted molar refractivity (Wildman–Crippen MR) is 161 cm³/mol. The summed E-state index contributed by atoms with van der Waals surface area (Å²) in [6, 6.07) is 0.637. The van der Waals surface area contributed by atoms with Crippen LogP contribution in [-0.2, 0) is 9.68 Å². The second-order valence-corrected chi connectivity index (χ2v) is 14.2. The average Bonchev–Trinajstić information content (AvgIpc) is 3.36. The molecule has 4 heterocycles. The third kappa shape index (κ3) is 7.39. The van der Waals surface area contributed by atoms with Gasteiger partial charge in [0.1, 0.15) is 12.2 Å². The Kier molecular flexibility index (Phi) is 9.38. The molecule has 10 heteroatoms. The summed E-state index contributed by atoms with van der Waals surface area (Å²) >= 11 is 0. The zero-order chi connectivity index (χ0) is 30.1. The van der Waals surface area contributed by atoms with Gasteiger partial charge in [0.05, 0.1) is 13.2 Å². The minimum Gasteiger partial charge on any atom is -0.460 e. The monoisotopic (exact) mass is 572 g/mol. The largest absolute Gasteiger partial charge is 0.460 e. The zero-order valence-corrected chi connectivity index (χ0v) is 26.6. The molecular weight excluding hydrogens is 520 g/mol. The Morgan fingerprint density at radius 3 is 1.37 bits per heavy atom. The lowest BCUT2D eigenvalue weighted by Gasteiger charge is -2.53. The lowest BCUT2D eigenvalue weighted by Crippen LogP contribution is -2.62. The molecule has 0 bridgehead atoms. The molecule has 1 aromatic rings. The molecule has 0 amide bonds. The van der Waals surface area contributed by atoms with E-state index < -0.39 is 0 Å². The maximum atomic E-state index is 6.54. The van der Waals surface area contributed by atoms with Crippen molar-refractivity contribution in [2.75, 3.05) is 31.2 Å². The normalized spacial score (nSPS) is 24.7. The summed E-state index contributed by atoms with van der Waals surface area (Å²) in [6.45, 7) is 27.8. The molecule has 0 aliphatic carbocycles. The molecule has 0 atom stereocenters. The van der Waals surface area contributed by atoms with E-state index in [0.29, 0.717) is 31.2 Å². The Morgan fingerprint density at radius 2 is 1.02 bits per heavy atom. The van der Waals surface area contributed by atoms with Crippen molar-refractivity contribution in [3.63, 3.8) is 0 Å². The number of hydroxylamine groups is 4. The molecule has 230 valence electrons. The molecule has 3 saturated heterocycles. The molecule has 10 nitrogen and oxygen atoms in total. The van der Waals surface area contributed by atoms with Gasteiger partial charge in [-0.15, -0.1) is 18.1 Å². The first-order valence-electron chi connectivity index (χ1n) is 15.1. The molecular formula is C31H52N6O4. The van der Waals surface area contributed by atoms with Crippen LogP contribution in [0.5, 0.6) is 12.0 Å². The smallest absolute Gasteiger partial charge is 0.324 e. The quantitative estimate of drug-likeness (QED) is 0.317. The van der Waals surface area contributed by atoms with Gasteiger partial charge in [-0.2, -0.15) is 20.1 Å². The maximum Gasteiger partial charge on any atom is 0.324 e. The first-order chi connectivity index (χ1) is 19.2. The summed E-state index contributed by atoms with van der Waals surface area (Å²) in [7, 11) is 0. The van der Waals surface area contributed by atoms with Crippen LogP contribution in [0.2, 0.25) is 0 Å². The molecule has 0 aromatic carbocycles. The summed E-state index contributed by atoms with van der Waals surface area (Å²) in [5.74, 6) is 0.623. The molecule has 1 aromatic heterocycles. The van der Waals surface area contributed by atoms with Gasteiger partial charge < -0.3 is 14.4 Å².